The number of hydrogen-bond donors (Lipinski definition) is 2. The Labute approximate surface area is 163 Å². The van der Waals surface area contributed by atoms with Crippen LogP contribution in [0.2, 0.25) is 0 Å². The zero-order valence-corrected chi connectivity index (χ0v) is 15.3. The number of nitrogens with zero attached hydrogens (tertiary/aromatic N) is 3. The van der Waals surface area contributed by atoms with Gasteiger partial charge in [-0.25, -0.2) is 0 Å². The maximum Gasteiger partial charge on any atom is 0.271 e. The van der Waals surface area contributed by atoms with Crippen molar-refractivity contribution >= 4 is 17.4 Å². The minimum absolute atomic E-state index is 0.241. The van der Waals surface area contributed by atoms with Crippen LogP contribution in [-0.2, 0) is 6.42 Å². The molecule has 1 heterocycles. The molecule has 0 aliphatic rings. The molecular formula is C21H19N5O2. The van der Waals surface area contributed by atoms with Gasteiger partial charge in [0.2, 0.25) is 0 Å². The Morgan fingerprint density at radius 3 is 2.54 bits per heavy atom. The molecule has 140 valence electrons. The highest BCUT2D eigenvalue weighted by Crippen LogP contribution is 2.17. The van der Waals surface area contributed by atoms with E-state index in [1.54, 1.807) is 43.5 Å². The summed E-state index contributed by atoms with van der Waals surface area (Å²) in [6.45, 7) is 0.464. The Hall–Kier alpha value is -3.92. The smallest absolute Gasteiger partial charge is 0.271 e. The Kier molecular flexibility index (Phi) is 6.16. The summed E-state index contributed by atoms with van der Waals surface area (Å²) in [5.41, 5.74) is 2.63. The minimum atomic E-state index is -0.285. The molecule has 3 rings (SSSR count). The van der Waals surface area contributed by atoms with Crippen LogP contribution in [0.3, 0.4) is 0 Å². The van der Waals surface area contributed by atoms with Crippen LogP contribution in [0, 0.1) is 11.3 Å². The highest BCUT2D eigenvalue weighted by atomic mass is 16.5. The van der Waals surface area contributed by atoms with E-state index in [4.69, 9.17) is 10.00 Å². The van der Waals surface area contributed by atoms with Crippen molar-refractivity contribution in [3.05, 3.63) is 77.5 Å². The molecule has 0 atom stereocenters. The van der Waals surface area contributed by atoms with E-state index in [1.165, 1.54) is 0 Å². The average molecular weight is 373 g/mol. The molecule has 7 nitrogen and oxygen atoms in total. The van der Waals surface area contributed by atoms with Gasteiger partial charge >= 0.3 is 0 Å². The van der Waals surface area contributed by atoms with Crippen molar-refractivity contribution in [2.24, 2.45) is 0 Å². The van der Waals surface area contributed by atoms with Crippen molar-refractivity contribution in [2.75, 3.05) is 19.0 Å². The molecule has 0 saturated heterocycles. The van der Waals surface area contributed by atoms with Crippen molar-refractivity contribution in [3.63, 3.8) is 0 Å². The first kappa shape index (κ1) is 18.9. The number of ether oxygens (including phenoxy) is 1. The topological polar surface area (TPSA) is 99.9 Å². The zero-order chi connectivity index (χ0) is 19.8. The first-order valence-electron chi connectivity index (χ1n) is 8.70. The van der Waals surface area contributed by atoms with E-state index in [1.807, 2.05) is 24.3 Å². The standard InChI is InChI=1S/C21H19N5O2/c1-28-19-5-3-2-4-16(19)12-13-23-21(27)18-10-11-20(26-25-18)24-17-8-6-15(14-22)7-9-17/h2-11H,12-13H2,1H3,(H,23,27)(H,24,26). The van der Waals surface area contributed by atoms with Crippen LogP contribution in [0.1, 0.15) is 21.6 Å². The van der Waals surface area contributed by atoms with Gasteiger partial charge in [-0.2, -0.15) is 5.26 Å². The fraction of sp³-hybridized carbons (Fsp3) is 0.143. The number of carbonyl (C=O) groups excluding carboxylic acids is 1. The van der Waals surface area contributed by atoms with Crippen LogP contribution in [0.25, 0.3) is 0 Å². The summed E-state index contributed by atoms with van der Waals surface area (Å²) in [6, 6.07) is 20.0. The summed E-state index contributed by atoms with van der Waals surface area (Å²) in [7, 11) is 1.63. The maximum absolute atomic E-state index is 12.2. The Morgan fingerprint density at radius 1 is 1.07 bits per heavy atom. The van der Waals surface area contributed by atoms with Gasteiger partial charge in [0.1, 0.15) is 5.75 Å². The monoisotopic (exact) mass is 373 g/mol. The second kappa shape index (κ2) is 9.14. The molecule has 3 aromatic rings. The van der Waals surface area contributed by atoms with Crippen LogP contribution in [0.15, 0.2) is 60.7 Å². The van der Waals surface area contributed by atoms with Gasteiger partial charge in [0.15, 0.2) is 11.5 Å². The van der Waals surface area contributed by atoms with Crippen molar-refractivity contribution in [3.8, 4) is 11.8 Å². The van der Waals surface area contributed by atoms with Gasteiger partial charge in [0.25, 0.3) is 5.91 Å². The number of hydrogen-bond acceptors (Lipinski definition) is 6. The van der Waals surface area contributed by atoms with E-state index in [9.17, 15) is 4.79 Å². The number of anilines is 2. The third-order valence-corrected chi connectivity index (χ3v) is 4.06. The van der Waals surface area contributed by atoms with Gasteiger partial charge in [0, 0.05) is 12.2 Å². The summed E-state index contributed by atoms with van der Waals surface area (Å²) < 4.78 is 5.30. The van der Waals surface area contributed by atoms with Gasteiger partial charge in [-0.05, 0) is 54.4 Å². The molecule has 0 radical (unpaired) electrons. The zero-order valence-electron chi connectivity index (χ0n) is 15.3. The number of nitrogens with one attached hydrogen (secondary N) is 2. The first-order chi connectivity index (χ1) is 13.7. The Morgan fingerprint density at radius 2 is 1.86 bits per heavy atom. The third kappa shape index (κ3) is 4.83. The molecule has 0 aliphatic heterocycles. The van der Waals surface area contributed by atoms with Crippen molar-refractivity contribution in [2.45, 2.75) is 6.42 Å². The Bertz CT molecular complexity index is 979. The molecule has 0 unspecified atom stereocenters. The first-order valence-corrected chi connectivity index (χ1v) is 8.70. The molecule has 2 N–H and O–H groups in total. The molecule has 0 saturated carbocycles. The summed E-state index contributed by atoms with van der Waals surface area (Å²) in [4.78, 5) is 12.2. The second-order valence-corrected chi connectivity index (χ2v) is 5.94. The lowest BCUT2D eigenvalue weighted by atomic mass is 10.1. The summed E-state index contributed by atoms with van der Waals surface area (Å²) in [5.74, 6) is 1.03. The normalized spacial score (nSPS) is 10.0. The number of amides is 1. The molecule has 28 heavy (non-hydrogen) atoms. The molecule has 1 aromatic heterocycles. The highest BCUT2D eigenvalue weighted by molar-refractivity contribution is 5.92. The number of aromatic nitrogens is 2. The molecule has 0 spiro atoms. The average Bonchev–Trinajstić information content (AvgIpc) is 2.75. The number of para-hydroxylation sites is 1. The summed E-state index contributed by atoms with van der Waals surface area (Å²) >= 11 is 0. The van der Waals surface area contributed by atoms with Crippen molar-refractivity contribution in [1.82, 2.24) is 15.5 Å². The second-order valence-electron chi connectivity index (χ2n) is 5.94. The summed E-state index contributed by atoms with van der Waals surface area (Å²) in [5, 5.41) is 22.7. The van der Waals surface area contributed by atoms with Gasteiger partial charge in [0.05, 0.1) is 18.7 Å². The molecular weight excluding hydrogens is 354 g/mol. The van der Waals surface area contributed by atoms with Crippen LogP contribution in [-0.4, -0.2) is 29.8 Å². The number of methoxy groups -OCH3 is 1. The lowest BCUT2D eigenvalue weighted by Gasteiger charge is -2.09. The van der Waals surface area contributed by atoms with Crippen LogP contribution in [0.4, 0.5) is 11.5 Å². The fourth-order valence-corrected chi connectivity index (χ4v) is 2.61. The molecule has 1 amide bonds. The lowest BCUT2D eigenvalue weighted by Crippen LogP contribution is -2.26. The van der Waals surface area contributed by atoms with Gasteiger partial charge in [-0.15, -0.1) is 10.2 Å². The van der Waals surface area contributed by atoms with E-state index in [-0.39, 0.29) is 11.6 Å². The van der Waals surface area contributed by atoms with Crippen molar-refractivity contribution < 1.29 is 9.53 Å². The van der Waals surface area contributed by atoms with E-state index in [0.717, 1.165) is 17.0 Å². The van der Waals surface area contributed by atoms with Gasteiger partial charge < -0.3 is 15.4 Å². The third-order valence-electron chi connectivity index (χ3n) is 4.06. The van der Waals surface area contributed by atoms with Crippen molar-refractivity contribution in [1.29, 1.82) is 5.26 Å². The number of benzene rings is 2. The lowest BCUT2D eigenvalue weighted by molar-refractivity contribution is 0.0948. The molecule has 0 bridgehead atoms. The number of nitriles is 1. The SMILES string of the molecule is COc1ccccc1CCNC(=O)c1ccc(Nc2ccc(C#N)cc2)nn1. The van der Waals surface area contributed by atoms with E-state index >= 15 is 0 Å². The van der Waals surface area contributed by atoms with E-state index < -0.39 is 0 Å². The van der Waals surface area contributed by atoms with Crippen LogP contribution >= 0.6 is 0 Å². The number of rotatable bonds is 7. The molecule has 0 fully saturated rings. The van der Waals surface area contributed by atoms with Gasteiger partial charge in [-0.1, -0.05) is 18.2 Å². The molecule has 7 heteroatoms. The Balaban J connectivity index is 1.53. The fourth-order valence-electron chi connectivity index (χ4n) is 2.61. The highest BCUT2D eigenvalue weighted by Gasteiger charge is 2.09. The van der Waals surface area contributed by atoms with Crippen LogP contribution < -0.4 is 15.4 Å². The van der Waals surface area contributed by atoms with E-state index in [0.29, 0.717) is 24.3 Å². The minimum Gasteiger partial charge on any atom is -0.496 e. The van der Waals surface area contributed by atoms with Crippen LogP contribution in [0.5, 0.6) is 5.75 Å². The largest absolute Gasteiger partial charge is 0.496 e. The number of carbonyl (C=O) groups is 1. The van der Waals surface area contributed by atoms with E-state index in [2.05, 4.69) is 26.9 Å². The predicted octanol–water partition coefficient (Wildman–Crippen LogP) is 3.07. The molecule has 0 aliphatic carbocycles. The quantitative estimate of drug-likeness (QED) is 0.660. The maximum atomic E-state index is 12.2. The predicted molar refractivity (Wildman–Crippen MR) is 106 cm³/mol. The molecule has 2 aromatic carbocycles. The van der Waals surface area contributed by atoms with Gasteiger partial charge in [-0.3, -0.25) is 4.79 Å². The summed E-state index contributed by atoms with van der Waals surface area (Å²) in [6.07, 6.45) is 0.654.